The highest BCUT2D eigenvalue weighted by molar-refractivity contribution is 5.44. The standard InChI is InChI=1S/C19H32O3/c1-9-14(4)15-10-11-16(22-19(5,6)7)17(12-15)21-18(20-8)13(2)3/h10-14,18H,9H2,1-8H3. The maximum absolute atomic E-state index is 6.09. The molecule has 0 radical (unpaired) electrons. The van der Waals surface area contributed by atoms with Crippen LogP contribution in [-0.2, 0) is 4.74 Å². The minimum atomic E-state index is -0.283. The molecule has 3 nitrogen and oxygen atoms in total. The van der Waals surface area contributed by atoms with Gasteiger partial charge >= 0.3 is 0 Å². The van der Waals surface area contributed by atoms with Crippen molar-refractivity contribution in [3.8, 4) is 11.5 Å². The highest BCUT2D eigenvalue weighted by atomic mass is 16.7. The molecule has 0 aliphatic heterocycles. The van der Waals surface area contributed by atoms with Gasteiger partial charge < -0.3 is 14.2 Å². The smallest absolute Gasteiger partial charge is 0.202 e. The van der Waals surface area contributed by atoms with Gasteiger partial charge in [0.15, 0.2) is 11.5 Å². The number of rotatable bonds is 7. The number of methoxy groups -OCH3 is 1. The molecule has 1 aromatic rings. The van der Waals surface area contributed by atoms with E-state index in [1.807, 2.05) is 26.8 Å². The Labute approximate surface area is 136 Å². The zero-order chi connectivity index (χ0) is 16.9. The number of ether oxygens (including phenoxy) is 3. The summed E-state index contributed by atoms with van der Waals surface area (Å²) in [5.74, 6) is 2.28. The van der Waals surface area contributed by atoms with Gasteiger partial charge in [-0.1, -0.05) is 33.8 Å². The van der Waals surface area contributed by atoms with Crippen LogP contribution in [0.25, 0.3) is 0 Å². The average Bonchev–Trinajstić information content (AvgIpc) is 2.43. The lowest BCUT2D eigenvalue weighted by Gasteiger charge is -2.27. The van der Waals surface area contributed by atoms with Gasteiger partial charge in [0, 0.05) is 13.0 Å². The van der Waals surface area contributed by atoms with Crippen LogP contribution < -0.4 is 9.47 Å². The molecule has 0 saturated carbocycles. The molecule has 0 saturated heterocycles. The summed E-state index contributed by atoms with van der Waals surface area (Å²) in [4.78, 5) is 0. The first-order valence-corrected chi connectivity index (χ1v) is 8.20. The van der Waals surface area contributed by atoms with E-state index in [4.69, 9.17) is 14.2 Å². The Morgan fingerprint density at radius 2 is 1.68 bits per heavy atom. The van der Waals surface area contributed by atoms with Crippen molar-refractivity contribution in [2.75, 3.05) is 7.11 Å². The molecule has 2 atom stereocenters. The van der Waals surface area contributed by atoms with Crippen molar-refractivity contribution in [3.63, 3.8) is 0 Å². The third-order valence-corrected chi connectivity index (χ3v) is 3.59. The quantitative estimate of drug-likeness (QED) is 0.632. The SMILES string of the molecule is CCC(C)c1ccc(OC(C)(C)C)c(OC(OC)C(C)C)c1. The van der Waals surface area contributed by atoms with E-state index >= 15 is 0 Å². The number of benzene rings is 1. The van der Waals surface area contributed by atoms with Gasteiger partial charge in [0.1, 0.15) is 5.60 Å². The second-order valence-corrected chi connectivity index (χ2v) is 7.20. The third-order valence-electron chi connectivity index (χ3n) is 3.59. The first-order chi connectivity index (χ1) is 10.2. The molecule has 22 heavy (non-hydrogen) atoms. The minimum absolute atomic E-state index is 0.264. The Kier molecular flexibility index (Phi) is 6.73. The summed E-state index contributed by atoms with van der Waals surface area (Å²) in [5.41, 5.74) is 0.994. The average molecular weight is 308 g/mol. The molecule has 0 aliphatic carbocycles. The zero-order valence-corrected chi connectivity index (χ0v) is 15.4. The molecule has 0 heterocycles. The van der Waals surface area contributed by atoms with E-state index in [-0.39, 0.29) is 17.8 Å². The van der Waals surface area contributed by atoms with Crippen LogP contribution in [0.5, 0.6) is 11.5 Å². The fourth-order valence-electron chi connectivity index (χ4n) is 2.15. The molecule has 0 N–H and O–H groups in total. The Balaban J connectivity index is 3.15. The van der Waals surface area contributed by atoms with E-state index in [1.165, 1.54) is 5.56 Å². The molecule has 0 aromatic heterocycles. The maximum atomic E-state index is 6.09. The fourth-order valence-corrected chi connectivity index (χ4v) is 2.15. The van der Waals surface area contributed by atoms with Gasteiger partial charge in [0.2, 0.25) is 6.29 Å². The van der Waals surface area contributed by atoms with E-state index in [0.29, 0.717) is 5.92 Å². The van der Waals surface area contributed by atoms with Crippen LogP contribution in [-0.4, -0.2) is 19.0 Å². The van der Waals surface area contributed by atoms with Crippen LogP contribution in [0.2, 0.25) is 0 Å². The zero-order valence-electron chi connectivity index (χ0n) is 15.4. The van der Waals surface area contributed by atoms with Crippen LogP contribution in [0.15, 0.2) is 18.2 Å². The van der Waals surface area contributed by atoms with Crippen LogP contribution in [0.1, 0.15) is 66.4 Å². The summed E-state index contributed by atoms with van der Waals surface area (Å²) in [5, 5.41) is 0. The van der Waals surface area contributed by atoms with Crippen molar-refractivity contribution in [3.05, 3.63) is 23.8 Å². The molecule has 126 valence electrons. The van der Waals surface area contributed by atoms with Gasteiger partial charge in [-0.05, 0) is 50.8 Å². The largest absolute Gasteiger partial charge is 0.484 e. The van der Waals surface area contributed by atoms with E-state index < -0.39 is 0 Å². The predicted octanol–water partition coefficient (Wildman–Crippen LogP) is 5.38. The lowest BCUT2D eigenvalue weighted by Crippen LogP contribution is -2.27. The normalized spacial score (nSPS) is 14.8. The summed E-state index contributed by atoms with van der Waals surface area (Å²) in [6.07, 6.45) is 0.811. The van der Waals surface area contributed by atoms with E-state index in [0.717, 1.165) is 17.9 Å². The topological polar surface area (TPSA) is 27.7 Å². The van der Waals surface area contributed by atoms with Crippen molar-refractivity contribution in [1.82, 2.24) is 0 Å². The van der Waals surface area contributed by atoms with Crippen LogP contribution in [0.4, 0.5) is 0 Å². The number of hydrogen-bond acceptors (Lipinski definition) is 3. The fraction of sp³-hybridized carbons (Fsp3) is 0.684. The summed E-state index contributed by atoms with van der Waals surface area (Å²) in [6.45, 7) is 14.7. The second kappa shape index (κ2) is 7.87. The van der Waals surface area contributed by atoms with Crippen molar-refractivity contribution < 1.29 is 14.2 Å². The van der Waals surface area contributed by atoms with E-state index in [2.05, 4.69) is 39.8 Å². The van der Waals surface area contributed by atoms with Gasteiger partial charge in [0.25, 0.3) is 0 Å². The van der Waals surface area contributed by atoms with Crippen LogP contribution in [0, 0.1) is 5.92 Å². The highest BCUT2D eigenvalue weighted by Gasteiger charge is 2.21. The van der Waals surface area contributed by atoms with Crippen molar-refractivity contribution in [1.29, 1.82) is 0 Å². The maximum Gasteiger partial charge on any atom is 0.202 e. The van der Waals surface area contributed by atoms with Crippen molar-refractivity contribution >= 4 is 0 Å². The van der Waals surface area contributed by atoms with E-state index in [1.54, 1.807) is 7.11 Å². The van der Waals surface area contributed by atoms with Gasteiger partial charge in [-0.25, -0.2) is 0 Å². The first kappa shape index (κ1) is 18.8. The molecule has 1 rings (SSSR count). The van der Waals surface area contributed by atoms with Crippen LogP contribution in [0.3, 0.4) is 0 Å². The summed E-state index contributed by atoms with van der Waals surface area (Å²) >= 11 is 0. The summed E-state index contributed by atoms with van der Waals surface area (Å²) in [6, 6.07) is 6.22. The van der Waals surface area contributed by atoms with Gasteiger partial charge in [0.05, 0.1) is 0 Å². The second-order valence-electron chi connectivity index (χ2n) is 7.20. The Hall–Kier alpha value is -1.22. The molecule has 1 aromatic carbocycles. The Bertz CT molecular complexity index is 460. The highest BCUT2D eigenvalue weighted by Crippen LogP contribution is 2.35. The van der Waals surface area contributed by atoms with Crippen molar-refractivity contribution in [2.24, 2.45) is 5.92 Å². The molecule has 0 bridgehead atoms. The Morgan fingerprint density at radius 3 is 2.14 bits per heavy atom. The van der Waals surface area contributed by atoms with Gasteiger partial charge in [-0.15, -0.1) is 0 Å². The van der Waals surface area contributed by atoms with E-state index in [9.17, 15) is 0 Å². The van der Waals surface area contributed by atoms with Gasteiger partial charge in [-0.2, -0.15) is 0 Å². The first-order valence-electron chi connectivity index (χ1n) is 8.20. The lowest BCUT2D eigenvalue weighted by atomic mass is 9.98. The summed E-state index contributed by atoms with van der Waals surface area (Å²) in [7, 11) is 1.67. The molecule has 0 spiro atoms. The van der Waals surface area contributed by atoms with Gasteiger partial charge in [-0.3, -0.25) is 0 Å². The molecule has 3 heteroatoms. The number of hydrogen-bond donors (Lipinski definition) is 0. The molecular weight excluding hydrogens is 276 g/mol. The molecule has 0 aliphatic rings. The minimum Gasteiger partial charge on any atom is -0.484 e. The van der Waals surface area contributed by atoms with Crippen LogP contribution >= 0.6 is 0 Å². The molecule has 0 fully saturated rings. The predicted molar refractivity (Wildman–Crippen MR) is 91.8 cm³/mol. The lowest BCUT2D eigenvalue weighted by molar-refractivity contribution is -0.0853. The van der Waals surface area contributed by atoms with Crippen molar-refractivity contribution in [2.45, 2.75) is 72.7 Å². The summed E-state index contributed by atoms with van der Waals surface area (Å²) < 4.78 is 17.6. The molecular formula is C19H32O3. The third kappa shape index (κ3) is 5.53. The monoisotopic (exact) mass is 308 g/mol. The Morgan fingerprint density at radius 1 is 1.05 bits per heavy atom. The molecule has 2 unspecified atom stereocenters. The molecule has 0 amide bonds.